The Kier molecular flexibility index (Phi) is 3.33. The monoisotopic (exact) mass is 177 g/mol. The van der Waals surface area contributed by atoms with Crippen molar-refractivity contribution < 1.29 is 4.39 Å². The summed E-state index contributed by atoms with van der Waals surface area (Å²) < 4.78 is 12.6. The van der Waals surface area contributed by atoms with Crippen molar-refractivity contribution in [2.24, 2.45) is 0 Å². The van der Waals surface area contributed by atoms with Crippen molar-refractivity contribution in [3.05, 3.63) is 30.1 Å². The molecule has 0 spiro atoms. The van der Waals surface area contributed by atoms with Crippen LogP contribution in [0.3, 0.4) is 0 Å². The maximum atomic E-state index is 12.6. The van der Waals surface area contributed by atoms with Crippen LogP contribution in [0.25, 0.3) is 0 Å². The first-order chi connectivity index (χ1) is 6.27. The molecule has 0 fully saturated rings. The molecule has 0 unspecified atom stereocenters. The molecule has 0 atom stereocenters. The lowest BCUT2D eigenvalue weighted by molar-refractivity contribution is 0.627. The standard InChI is InChI=1S/C11H12FN/c1-3-9-13(4-2)11-7-5-10(12)6-8-11/h1,5-8H,4,9H2,2H3. The average molecular weight is 177 g/mol. The van der Waals surface area contributed by atoms with Crippen LogP contribution in [0.2, 0.25) is 0 Å². The van der Waals surface area contributed by atoms with Crippen LogP contribution in [0.15, 0.2) is 24.3 Å². The van der Waals surface area contributed by atoms with Crippen LogP contribution >= 0.6 is 0 Å². The molecule has 0 radical (unpaired) electrons. The molecule has 0 bridgehead atoms. The van der Waals surface area contributed by atoms with Crippen LogP contribution in [0.5, 0.6) is 0 Å². The average Bonchev–Trinajstić information content (AvgIpc) is 2.16. The molecule has 1 aromatic rings. The molecule has 1 rings (SSSR count). The second-order valence-electron chi connectivity index (χ2n) is 2.69. The molecule has 0 aliphatic rings. The molecule has 0 saturated heterocycles. The van der Waals surface area contributed by atoms with Crippen LogP contribution in [0.1, 0.15) is 6.92 Å². The Balaban J connectivity index is 2.80. The van der Waals surface area contributed by atoms with E-state index >= 15 is 0 Å². The van der Waals surface area contributed by atoms with Gasteiger partial charge in [-0.25, -0.2) is 4.39 Å². The third-order valence-electron chi connectivity index (χ3n) is 1.86. The smallest absolute Gasteiger partial charge is 0.123 e. The first-order valence-electron chi connectivity index (χ1n) is 4.22. The fourth-order valence-electron chi connectivity index (χ4n) is 1.15. The van der Waals surface area contributed by atoms with Gasteiger partial charge in [-0.05, 0) is 31.2 Å². The summed E-state index contributed by atoms with van der Waals surface area (Å²) in [5.41, 5.74) is 0.960. The van der Waals surface area contributed by atoms with Crippen molar-refractivity contribution in [2.75, 3.05) is 18.0 Å². The zero-order valence-electron chi connectivity index (χ0n) is 7.63. The van der Waals surface area contributed by atoms with E-state index in [1.54, 1.807) is 12.1 Å². The van der Waals surface area contributed by atoms with Crippen molar-refractivity contribution in [1.29, 1.82) is 0 Å². The van der Waals surface area contributed by atoms with Crippen LogP contribution < -0.4 is 4.90 Å². The number of rotatable bonds is 3. The van der Waals surface area contributed by atoms with E-state index in [1.165, 1.54) is 12.1 Å². The van der Waals surface area contributed by atoms with Crippen LogP contribution in [0.4, 0.5) is 10.1 Å². The summed E-state index contributed by atoms with van der Waals surface area (Å²) >= 11 is 0. The Hall–Kier alpha value is -1.49. The molecule has 1 aromatic carbocycles. The van der Waals surface area contributed by atoms with Gasteiger partial charge in [0.05, 0.1) is 6.54 Å². The molecule has 0 saturated carbocycles. The number of terminal acetylenes is 1. The normalized spacial score (nSPS) is 9.31. The quantitative estimate of drug-likeness (QED) is 0.640. The van der Waals surface area contributed by atoms with E-state index in [4.69, 9.17) is 6.42 Å². The molecule has 68 valence electrons. The second kappa shape index (κ2) is 4.51. The number of hydrogen-bond acceptors (Lipinski definition) is 1. The summed E-state index contributed by atoms with van der Waals surface area (Å²) in [6.45, 7) is 3.40. The van der Waals surface area contributed by atoms with Gasteiger partial charge in [0, 0.05) is 12.2 Å². The van der Waals surface area contributed by atoms with Gasteiger partial charge < -0.3 is 4.90 Å². The van der Waals surface area contributed by atoms with Gasteiger partial charge in [0.1, 0.15) is 5.82 Å². The van der Waals surface area contributed by atoms with Crippen molar-refractivity contribution in [3.63, 3.8) is 0 Å². The summed E-state index contributed by atoms with van der Waals surface area (Å²) in [4.78, 5) is 2.00. The van der Waals surface area contributed by atoms with Crippen molar-refractivity contribution >= 4 is 5.69 Å². The number of anilines is 1. The Morgan fingerprint density at radius 2 is 2.00 bits per heavy atom. The molecule has 0 heterocycles. The molecule has 1 nitrogen and oxygen atoms in total. The Bertz CT molecular complexity index is 297. The van der Waals surface area contributed by atoms with Crippen LogP contribution in [-0.2, 0) is 0 Å². The van der Waals surface area contributed by atoms with Crippen molar-refractivity contribution in [1.82, 2.24) is 0 Å². The van der Waals surface area contributed by atoms with Gasteiger partial charge >= 0.3 is 0 Å². The predicted molar refractivity (Wildman–Crippen MR) is 53.1 cm³/mol. The van der Waals surface area contributed by atoms with E-state index in [2.05, 4.69) is 5.92 Å². The SMILES string of the molecule is C#CCN(CC)c1ccc(F)cc1. The third kappa shape index (κ3) is 2.48. The summed E-state index contributed by atoms with van der Waals surface area (Å²) in [5.74, 6) is 2.34. The van der Waals surface area contributed by atoms with E-state index in [0.717, 1.165) is 12.2 Å². The van der Waals surface area contributed by atoms with Gasteiger partial charge in [-0.3, -0.25) is 0 Å². The molecule has 13 heavy (non-hydrogen) atoms. The molecule has 0 aromatic heterocycles. The zero-order valence-corrected chi connectivity index (χ0v) is 7.63. The summed E-state index contributed by atoms with van der Waals surface area (Å²) in [7, 11) is 0. The highest BCUT2D eigenvalue weighted by atomic mass is 19.1. The number of nitrogens with zero attached hydrogens (tertiary/aromatic N) is 1. The number of halogens is 1. The van der Waals surface area contributed by atoms with Gasteiger partial charge in [-0.15, -0.1) is 6.42 Å². The maximum absolute atomic E-state index is 12.6. The summed E-state index contributed by atoms with van der Waals surface area (Å²) in [5, 5.41) is 0. The lowest BCUT2D eigenvalue weighted by Crippen LogP contribution is -2.22. The molecule has 0 aliphatic carbocycles. The van der Waals surface area contributed by atoms with Gasteiger partial charge in [0.25, 0.3) is 0 Å². The minimum Gasteiger partial charge on any atom is -0.361 e. The molecule has 2 heteroatoms. The summed E-state index contributed by atoms with van der Waals surface area (Å²) in [6, 6.07) is 6.34. The second-order valence-corrected chi connectivity index (χ2v) is 2.69. The largest absolute Gasteiger partial charge is 0.361 e. The van der Waals surface area contributed by atoms with Gasteiger partial charge in [0.2, 0.25) is 0 Å². The van der Waals surface area contributed by atoms with Crippen molar-refractivity contribution in [3.8, 4) is 12.3 Å². The predicted octanol–water partition coefficient (Wildman–Crippen LogP) is 2.29. The zero-order chi connectivity index (χ0) is 9.68. The Labute approximate surface area is 78.2 Å². The lowest BCUT2D eigenvalue weighted by Gasteiger charge is -2.19. The first-order valence-corrected chi connectivity index (χ1v) is 4.22. The highest BCUT2D eigenvalue weighted by molar-refractivity contribution is 5.47. The molecular weight excluding hydrogens is 165 g/mol. The number of hydrogen-bond donors (Lipinski definition) is 0. The van der Waals surface area contributed by atoms with Gasteiger partial charge in [-0.1, -0.05) is 5.92 Å². The minimum absolute atomic E-state index is 0.222. The first kappa shape index (κ1) is 9.60. The van der Waals surface area contributed by atoms with Gasteiger partial charge in [0.15, 0.2) is 0 Å². The Morgan fingerprint density at radius 3 is 2.46 bits per heavy atom. The van der Waals surface area contributed by atoms with Crippen LogP contribution in [-0.4, -0.2) is 13.1 Å². The van der Waals surface area contributed by atoms with E-state index in [-0.39, 0.29) is 5.82 Å². The van der Waals surface area contributed by atoms with Gasteiger partial charge in [-0.2, -0.15) is 0 Å². The topological polar surface area (TPSA) is 3.24 Å². The van der Waals surface area contributed by atoms with E-state index < -0.39 is 0 Å². The molecule has 0 amide bonds. The van der Waals surface area contributed by atoms with Crippen LogP contribution in [0, 0.1) is 18.2 Å². The molecule has 0 N–H and O–H groups in total. The fourth-order valence-corrected chi connectivity index (χ4v) is 1.15. The fraction of sp³-hybridized carbons (Fsp3) is 0.273. The van der Waals surface area contributed by atoms with Crippen molar-refractivity contribution in [2.45, 2.75) is 6.92 Å². The highest BCUT2D eigenvalue weighted by Gasteiger charge is 2.01. The van der Waals surface area contributed by atoms with E-state index in [0.29, 0.717) is 6.54 Å². The minimum atomic E-state index is -0.222. The maximum Gasteiger partial charge on any atom is 0.123 e. The summed E-state index contributed by atoms with van der Waals surface area (Å²) in [6.07, 6.45) is 5.21. The molecule has 0 aliphatic heterocycles. The molecular formula is C11H12FN. The third-order valence-corrected chi connectivity index (χ3v) is 1.86. The lowest BCUT2D eigenvalue weighted by atomic mass is 10.3. The van der Waals surface area contributed by atoms with E-state index in [9.17, 15) is 4.39 Å². The number of benzene rings is 1. The van der Waals surface area contributed by atoms with E-state index in [1.807, 2.05) is 11.8 Å². The highest BCUT2D eigenvalue weighted by Crippen LogP contribution is 2.13. The Morgan fingerprint density at radius 1 is 1.38 bits per heavy atom.